The summed E-state index contributed by atoms with van der Waals surface area (Å²) in [4.78, 5) is 22.5. The molecule has 0 aliphatic heterocycles. The average Bonchev–Trinajstić information content (AvgIpc) is 2.98. The average molecular weight is 287 g/mol. The van der Waals surface area contributed by atoms with Crippen molar-refractivity contribution in [3.8, 4) is 11.4 Å². The summed E-state index contributed by atoms with van der Waals surface area (Å²) < 4.78 is 0. The van der Waals surface area contributed by atoms with Crippen LogP contribution in [0.1, 0.15) is 32.6 Å². The van der Waals surface area contributed by atoms with Crippen LogP contribution in [0, 0.1) is 0 Å². The molecule has 0 spiro atoms. The molecule has 21 heavy (non-hydrogen) atoms. The molecule has 1 aromatic heterocycles. The molecule has 0 aliphatic carbocycles. The summed E-state index contributed by atoms with van der Waals surface area (Å²) in [5.41, 5.74) is 1.54. The van der Waals surface area contributed by atoms with E-state index < -0.39 is 0 Å². The lowest BCUT2D eigenvalue weighted by atomic mass is 10.1. The Bertz CT molecular complexity index is 592. The molecule has 1 heterocycles. The summed E-state index contributed by atoms with van der Waals surface area (Å²) in [6.07, 6.45) is 2.42. The summed E-state index contributed by atoms with van der Waals surface area (Å²) in [6, 6.07) is 7.21. The van der Waals surface area contributed by atoms with E-state index in [1.54, 1.807) is 19.1 Å². The smallest absolute Gasteiger partial charge is 0.224 e. The van der Waals surface area contributed by atoms with Crippen molar-refractivity contribution in [3.05, 3.63) is 24.3 Å². The van der Waals surface area contributed by atoms with Crippen LogP contribution in [0.15, 0.2) is 24.3 Å². The molecule has 0 saturated heterocycles. The fourth-order valence-corrected chi connectivity index (χ4v) is 1.87. The fraction of sp³-hybridized carbons (Fsp3) is 0.357. The number of Topliss-reactive ketones (excluding diaryl/α,β-unsaturated/α-hetero) is 1. The summed E-state index contributed by atoms with van der Waals surface area (Å²) >= 11 is 0. The number of carbonyl (C=O) groups is 2. The number of unbranched alkanes of at least 4 members (excludes halogenated alkanes) is 1. The highest BCUT2D eigenvalue weighted by atomic mass is 16.1. The lowest BCUT2D eigenvalue weighted by Gasteiger charge is -2.05. The summed E-state index contributed by atoms with van der Waals surface area (Å²) in [5.74, 6) is 0.621. The summed E-state index contributed by atoms with van der Waals surface area (Å²) in [5, 5.41) is 16.5. The van der Waals surface area contributed by atoms with Crippen molar-refractivity contribution in [1.82, 2.24) is 20.6 Å². The van der Waals surface area contributed by atoms with Crippen molar-refractivity contribution >= 4 is 17.4 Å². The van der Waals surface area contributed by atoms with E-state index in [0.29, 0.717) is 25.1 Å². The molecule has 2 aromatic rings. The van der Waals surface area contributed by atoms with Crippen LogP contribution < -0.4 is 5.32 Å². The standard InChI is InChI=1S/C14H17N5O2/c1-10(20)4-2-3-5-13(21)15-12-8-6-11(7-9-12)14-16-18-19-17-14/h6-9H,2-5H2,1H3,(H,15,21)(H,16,17,18,19). The Balaban J connectivity index is 1.80. The van der Waals surface area contributed by atoms with Gasteiger partial charge in [-0.3, -0.25) is 4.79 Å². The molecule has 0 aliphatic rings. The molecule has 0 saturated carbocycles. The van der Waals surface area contributed by atoms with Gasteiger partial charge in [-0.05, 0) is 49.2 Å². The minimum atomic E-state index is -0.0501. The van der Waals surface area contributed by atoms with E-state index in [9.17, 15) is 9.59 Å². The second kappa shape index (κ2) is 7.28. The van der Waals surface area contributed by atoms with Gasteiger partial charge in [0.1, 0.15) is 5.78 Å². The molecule has 0 atom stereocenters. The van der Waals surface area contributed by atoms with Crippen molar-refractivity contribution in [3.63, 3.8) is 0 Å². The number of nitrogens with one attached hydrogen (secondary N) is 2. The topological polar surface area (TPSA) is 101 Å². The van der Waals surface area contributed by atoms with E-state index in [1.807, 2.05) is 12.1 Å². The highest BCUT2D eigenvalue weighted by molar-refractivity contribution is 5.90. The van der Waals surface area contributed by atoms with Gasteiger partial charge in [-0.1, -0.05) is 0 Å². The first-order valence-electron chi connectivity index (χ1n) is 6.78. The third kappa shape index (κ3) is 4.79. The number of benzene rings is 1. The van der Waals surface area contributed by atoms with Crippen LogP contribution in [0.2, 0.25) is 0 Å². The zero-order valence-electron chi connectivity index (χ0n) is 11.8. The number of tetrazole rings is 1. The Morgan fingerprint density at radius 3 is 2.48 bits per heavy atom. The zero-order valence-corrected chi connectivity index (χ0v) is 11.8. The lowest BCUT2D eigenvalue weighted by molar-refractivity contribution is -0.118. The van der Waals surface area contributed by atoms with Crippen LogP contribution >= 0.6 is 0 Å². The van der Waals surface area contributed by atoms with Crippen molar-refractivity contribution in [2.24, 2.45) is 0 Å². The van der Waals surface area contributed by atoms with E-state index in [-0.39, 0.29) is 11.7 Å². The van der Waals surface area contributed by atoms with Gasteiger partial charge in [-0.15, -0.1) is 10.2 Å². The Hall–Kier alpha value is -2.57. The maximum absolute atomic E-state index is 11.7. The van der Waals surface area contributed by atoms with Crippen LogP contribution in [-0.2, 0) is 9.59 Å². The molecule has 0 radical (unpaired) electrons. The minimum Gasteiger partial charge on any atom is -0.326 e. The van der Waals surface area contributed by atoms with Crippen LogP contribution in [-0.4, -0.2) is 32.3 Å². The van der Waals surface area contributed by atoms with Gasteiger partial charge < -0.3 is 10.1 Å². The molecule has 1 amide bonds. The molecule has 110 valence electrons. The molecule has 0 unspecified atom stereocenters. The number of amides is 1. The number of carbonyl (C=O) groups excluding carboxylic acids is 2. The largest absolute Gasteiger partial charge is 0.326 e. The molecule has 7 heteroatoms. The maximum atomic E-state index is 11.7. The normalized spacial score (nSPS) is 10.3. The number of aromatic amines is 1. The lowest BCUT2D eigenvalue weighted by Crippen LogP contribution is -2.11. The Morgan fingerprint density at radius 1 is 1.14 bits per heavy atom. The zero-order chi connectivity index (χ0) is 15.1. The molecule has 7 nitrogen and oxygen atoms in total. The highest BCUT2D eigenvalue weighted by Gasteiger charge is 2.05. The van der Waals surface area contributed by atoms with E-state index >= 15 is 0 Å². The van der Waals surface area contributed by atoms with Crippen molar-refractivity contribution < 1.29 is 9.59 Å². The molecule has 2 rings (SSSR count). The van der Waals surface area contributed by atoms with Gasteiger partial charge in [0.15, 0.2) is 0 Å². The second-order valence-corrected chi connectivity index (χ2v) is 4.77. The fourth-order valence-electron chi connectivity index (χ4n) is 1.87. The molecule has 2 N–H and O–H groups in total. The van der Waals surface area contributed by atoms with Crippen molar-refractivity contribution in [2.45, 2.75) is 32.6 Å². The second-order valence-electron chi connectivity index (χ2n) is 4.77. The van der Waals surface area contributed by atoms with E-state index in [2.05, 4.69) is 25.9 Å². The molecule has 0 fully saturated rings. The Kier molecular flexibility index (Phi) is 5.14. The van der Waals surface area contributed by atoms with Gasteiger partial charge in [-0.2, -0.15) is 5.21 Å². The number of hydrogen-bond donors (Lipinski definition) is 2. The van der Waals surface area contributed by atoms with Gasteiger partial charge in [0.25, 0.3) is 0 Å². The SMILES string of the molecule is CC(=O)CCCCC(=O)Nc1ccc(-c2nn[nH]n2)cc1. The van der Waals surface area contributed by atoms with Crippen LogP contribution in [0.5, 0.6) is 0 Å². The number of hydrogen-bond acceptors (Lipinski definition) is 5. The number of H-pyrrole nitrogens is 1. The number of aromatic nitrogens is 4. The van der Waals surface area contributed by atoms with Crippen LogP contribution in [0.3, 0.4) is 0 Å². The van der Waals surface area contributed by atoms with Gasteiger partial charge in [0.2, 0.25) is 11.7 Å². The van der Waals surface area contributed by atoms with Gasteiger partial charge in [0, 0.05) is 24.1 Å². The number of nitrogens with zero attached hydrogens (tertiary/aromatic N) is 3. The predicted molar refractivity (Wildman–Crippen MR) is 77.4 cm³/mol. The third-order valence-electron chi connectivity index (χ3n) is 2.95. The molecular weight excluding hydrogens is 270 g/mol. The van der Waals surface area contributed by atoms with E-state index in [0.717, 1.165) is 17.7 Å². The predicted octanol–water partition coefficient (Wildman–Crippen LogP) is 1.95. The number of rotatable bonds is 7. The first-order chi connectivity index (χ1) is 10.1. The summed E-state index contributed by atoms with van der Waals surface area (Å²) in [7, 11) is 0. The summed E-state index contributed by atoms with van der Waals surface area (Å²) in [6.45, 7) is 1.56. The first-order valence-corrected chi connectivity index (χ1v) is 6.78. The number of ketones is 1. The minimum absolute atomic E-state index is 0.0501. The molecular formula is C14H17N5O2. The quantitative estimate of drug-likeness (QED) is 0.758. The molecule has 0 bridgehead atoms. The van der Waals surface area contributed by atoms with Gasteiger partial charge >= 0.3 is 0 Å². The maximum Gasteiger partial charge on any atom is 0.224 e. The number of anilines is 1. The van der Waals surface area contributed by atoms with Crippen molar-refractivity contribution in [2.75, 3.05) is 5.32 Å². The van der Waals surface area contributed by atoms with Gasteiger partial charge in [0.05, 0.1) is 0 Å². The van der Waals surface area contributed by atoms with Crippen LogP contribution in [0.4, 0.5) is 5.69 Å². The Labute approximate surface area is 122 Å². The molecule has 1 aromatic carbocycles. The van der Waals surface area contributed by atoms with Gasteiger partial charge in [-0.25, -0.2) is 0 Å². The van der Waals surface area contributed by atoms with Crippen LogP contribution in [0.25, 0.3) is 11.4 Å². The van der Waals surface area contributed by atoms with Crippen molar-refractivity contribution in [1.29, 1.82) is 0 Å². The highest BCUT2D eigenvalue weighted by Crippen LogP contribution is 2.17. The monoisotopic (exact) mass is 287 g/mol. The van der Waals surface area contributed by atoms with E-state index in [4.69, 9.17) is 0 Å². The Morgan fingerprint density at radius 2 is 1.86 bits per heavy atom. The van der Waals surface area contributed by atoms with E-state index in [1.165, 1.54) is 0 Å². The first kappa shape index (κ1) is 14.8. The third-order valence-corrected chi connectivity index (χ3v) is 2.95.